The molecule has 0 saturated carbocycles. The van der Waals surface area contributed by atoms with E-state index in [1.807, 2.05) is 17.7 Å². The quantitative estimate of drug-likeness (QED) is 0.853. The molecule has 0 bridgehead atoms. The Bertz CT molecular complexity index is 794. The fraction of sp³-hybridized carbons (Fsp3) is 0.600. The maximum Gasteiger partial charge on any atom is 0.267 e. The zero-order valence-corrected chi connectivity index (χ0v) is 16.9. The maximum atomic E-state index is 12.1. The van der Waals surface area contributed by atoms with E-state index in [1.54, 1.807) is 18.4 Å². The molecule has 6 nitrogen and oxygen atoms in total. The van der Waals surface area contributed by atoms with Crippen molar-refractivity contribution in [2.75, 3.05) is 20.2 Å². The van der Waals surface area contributed by atoms with Crippen LogP contribution in [0.15, 0.2) is 17.5 Å². The van der Waals surface area contributed by atoms with Gasteiger partial charge in [-0.15, -0.1) is 11.3 Å². The molecule has 1 N–H and O–H groups in total. The number of ether oxygens (including phenoxy) is 1. The first-order valence-corrected chi connectivity index (χ1v) is 10.7. The van der Waals surface area contributed by atoms with E-state index in [4.69, 9.17) is 9.72 Å². The second-order valence-electron chi connectivity index (χ2n) is 7.44. The van der Waals surface area contributed by atoms with Crippen molar-refractivity contribution in [3.05, 3.63) is 39.6 Å². The Hall–Kier alpha value is -1.70. The van der Waals surface area contributed by atoms with Gasteiger partial charge in [0, 0.05) is 38.3 Å². The predicted molar refractivity (Wildman–Crippen MR) is 106 cm³/mol. The molecule has 0 radical (unpaired) electrons. The predicted octanol–water partition coefficient (Wildman–Crippen LogP) is 3.42. The summed E-state index contributed by atoms with van der Waals surface area (Å²) in [6, 6.07) is 4.36. The maximum absolute atomic E-state index is 12.1. The first-order valence-electron chi connectivity index (χ1n) is 9.85. The highest BCUT2D eigenvalue weighted by atomic mass is 32.1. The van der Waals surface area contributed by atoms with Crippen molar-refractivity contribution in [3.63, 3.8) is 0 Å². The van der Waals surface area contributed by atoms with Crippen LogP contribution < -0.4 is 5.32 Å². The summed E-state index contributed by atoms with van der Waals surface area (Å²) in [5.74, 6) is -0.0354. The Kier molecular flexibility index (Phi) is 5.61. The van der Waals surface area contributed by atoms with Gasteiger partial charge in [-0.25, -0.2) is 4.98 Å². The SMILES string of the molecule is CNC(=O)c1ccc([C@H]2CCCCN2Cc2csc([C@H]3CCCO3)n2)n1C. The standard InChI is InChI=1S/C20H28N4O2S/c1-21-19(25)17-9-8-15(23(17)2)16-6-3-4-10-24(16)12-14-13-27-20(22-14)18-7-5-11-26-18/h8-9,13,16,18H,3-7,10-12H2,1-2H3,(H,21,25)/t16-,18-/m1/s1. The topological polar surface area (TPSA) is 59.4 Å². The van der Waals surface area contributed by atoms with Gasteiger partial charge in [-0.3, -0.25) is 9.69 Å². The molecular weight excluding hydrogens is 360 g/mol. The van der Waals surface area contributed by atoms with E-state index in [1.165, 1.54) is 18.5 Å². The molecule has 2 saturated heterocycles. The fourth-order valence-electron chi connectivity index (χ4n) is 4.26. The Morgan fingerprint density at radius 1 is 1.33 bits per heavy atom. The Morgan fingerprint density at radius 2 is 2.22 bits per heavy atom. The van der Waals surface area contributed by atoms with Crippen LogP contribution in [0.25, 0.3) is 0 Å². The number of likely N-dealkylation sites (tertiary alicyclic amines) is 1. The largest absolute Gasteiger partial charge is 0.371 e. The summed E-state index contributed by atoms with van der Waals surface area (Å²) in [4.78, 5) is 19.4. The molecule has 2 aromatic rings. The van der Waals surface area contributed by atoms with Crippen LogP contribution in [0.5, 0.6) is 0 Å². The molecule has 7 heteroatoms. The number of nitrogens with one attached hydrogen (secondary N) is 1. The number of rotatable bonds is 5. The Labute approximate surface area is 164 Å². The Morgan fingerprint density at radius 3 is 3.00 bits per heavy atom. The van der Waals surface area contributed by atoms with Crippen LogP contribution in [0, 0.1) is 0 Å². The molecule has 1 amide bonds. The highest BCUT2D eigenvalue weighted by Crippen LogP contribution is 2.34. The van der Waals surface area contributed by atoms with Gasteiger partial charge in [0.2, 0.25) is 0 Å². The summed E-state index contributed by atoms with van der Waals surface area (Å²) in [6.45, 7) is 2.78. The van der Waals surface area contributed by atoms with E-state index in [2.05, 4.69) is 21.7 Å². The smallest absolute Gasteiger partial charge is 0.267 e. The second-order valence-corrected chi connectivity index (χ2v) is 8.33. The van der Waals surface area contributed by atoms with Gasteiger partial charge in [0.15, 0.2) is 0 Å². The summed E-state index contributed by atoms with van der Waals surface area (Å²) in [5.41, 5.74) is 3.06. The van der Waals surface area contributed by atoms with Crippen molar-refractivity contribution in [2.45, 2.75) is 50.8 Å². The number of nitrogens with zero attached hydrogens (tertiary/aromatic N) is 3. The average molecular weight is 389 g/mol. The van der Waals surface area contributed by atoms with Crippen molar-refractivity contribution in [3.8, 4) is 0 Å². The molecule has 2 atom stereocenters. The van der Waals surface area contributed by atoms with Gasteiger partial charge < -0.3 is 14.6 Å². The van der Waals surface area contributed by atoms with Crippen LogP contribution in [-0.2, 0) is 18.3 Å². The number of amides is 1. The number of aromatic nitrogens is 2. The van der Waals surface area contributed by atoms with Crippen LogP contribution in [0.2, 0.25) is 0 Å². The van der Waals surface area contributed by atoms with E-state index in [0.717, 1.165) is 49.7 Å². The summed E-state index contributed by atoms with van der Waals surface area (Å²) in [7, 11) is 3.67. The highest BCUT2D eigenvalue weighted by molar-refractivity contribution is 7.09. The van der Waals surface area contributed by atoms with Crippen molar-refractivity contribution < 1.29 is 9.53 Å². The van der Waals surface area contributed by atoms with Crippen molar-refractivity contribution in [1.82, 2.24) is 19.8 Å². The van der Waals surface area contributed by atoms with E-state index in [0.29, 0.717) is 11.7 Å². The average Bonchev–Trinajstić information content (AvgIpc) is 3.42. The molecule has 2 aromatic heterocycles. The van der Waals surface area contributed by atoms with Gasteiger partial charge in [-0.2, -0.15) is 0 Å². The monoisotopic (exact) mass is 388 g/mol. The van der Waals surface area contributed by atoms with Gasteiger partial charge in [0.1, 0.15) is 16.8 Å². The number of carbonyl (C=O) groups is 1. The van der Waals surface area contributed by atoms with Gasteiger partial charge in [-0.1, -0.05) is 6.42 Å². The first-order chi connectivity index (χ1) is 13.2. The molecule has 2 aliphatic rings. The number of carbonyl (C=O) groups excluding carboxylic acids is 1. The van der Waals surface area contributed by atoms with Crippen LogP contribution in [0.3, 0.4) is 0 Å². The molecule has 4 heterocycles. The third-order valence-electron chi connectivity index (χ3n) is 5.72. The zero-order chi connectivity index (χ0) is 18.8. The number of hydrogen-bond acceptors (Lipinski definition) is 5. The lowest BCUT2D eigenvalue weighted by atomic mass is 9.99. The first kappa shape index (κ1) is 18.7. The lowest BCUT2D eigenvalue weighted by Crippen LogP contribution is -2.34. The van der Waals surface area contributed by atoms with E-state index >= 15 is 0 Å². The van der Waals surface area contributed by atoms with Crippen LogP contribution in [0.1, 0.15) is 71.1 Å². The van der Waals surface area contributed by atoms with Gasteiger partial charge in [0.05, 0.1) is 11.7 Å². The molecule has 4 rings (SSSR count). The van der Waals surface area contributed by atoms with Crippen molar-refractivity contribution >= 4 is 17.2 Å². The molecule has 0 aromatic carbocycles. The summed E-state index contributed by atoms with van der Waals surface area (Å²) in [5, 5.41) is 6.03. The number of hydrogen-bond donors (Lipinski definition) is 1. The highest BCUT2D eigenvalue weighted by Gasteiger charge is 2.28. The summed E-state index contributed by atoms with van der Waals surface area (Å²) >= 11 is 1.73. The fourth-order valence-corrected chi connectivity index (χ4v) is 5.15. The zero-order valence-electron chi connectivity index (χ0n) is 16.1. The molecule has 0 spiro atoms. The third kappa shape index (κ3) is 3.81. The van der Waals surface area contributed by atoms with E-state index in [-0.39, 0.29) is 12.0 Å². The third-order valence-corrected chi connectivity index (χ3v) is 6.70. The number of piperidine rings is 1. The minimum Gasteiger partial charge on any atom is -0.371 e. The molecular formula is C20H28N4O2S. The molecule has 27 heavy (non-hydrogen) atoms. The van der Waals surface area contributed by atoms with Crippen molar-refractivity contribution in [2.24, 2.45) is 7.05 Å². The van der Waals surface area contributed by atoms with Crippen molar-refractivity contribution in [1.29, 1.82) is 0 Å². The minimum absolute atomic E-state index is 0.0354. The van der Waals surface area contributed by atoms with Gasteiger partial charge in [-0.05, 0) is 44.4 Å². The summed E-state index contributed by atoms with van der Waals surface area (Å²) < 4.78 is 7.82. The second kappa shape index (κ2) is 8.12. The van der Waals surface area contributed by atoms with Crippen LogP contribution in [0.4, 0.5) is 0 Å². The normalized spacial score (nSPS) is 23.6. The lowest BCUT2D eigenvalue weighted by molar-refractivity contribution is 0.0952. The minimum atomic E-state index is -0.0354. The number of thiazole rings is 1. The van der Waals surface area contributed by atoms with E-state index in [9.17, 15) is 4.79 Å². The molecule has 0 unspecified atom stereocenters. The molecule has 2 fully saturated rings. The molecule has 146 valence electrons. The lowest BCUT2D eigenvalue weighted by Gasteiger charge is -2.35. The Balaban J connectivity index is 1.51. The van der Waals surface area contributed by atoms with Crippen LogP contribution in [-0.4, -0.2) is 40.6 Å². The van der Waals surface area contributed by atoms with Gasteiger partial charge >= 0.3 is 0 Å². The molecule has 0 aliphatic carbocycles. The summed E-state index contributed by atoms with van der Waals surface area (Å²) in [6.07, 6.45) is 5.98. The van der Waals surface area contributed by atoms with E-state index < -0.39 is 0 Å². The van der Waals surface area contributed by atoms with Gasteiger partial charge in [0.25, 0.3) is 5.91 Å². The molecule has 2 aliphatic heterocycles. The van der Waals surface area contributed by atoms with Crippen LogP contribution >= 0.6 is 11.3 Å².